The zero-order chi connectivity index (χ0) is 29.9. The highest BCUT2D eigenvalue weighted by atomic mass is 19.4. The van der Waals surface area contributed by atoms with Crippen molar-refractivity contribution in [1.82, 2.24) is 9.80 Å². The molecule has 1 saturated heterocycles. The largest absolute Gasteiger partial charge is 0.416 e. The lowest BCUT2D eigenvalue weighted by Crippen LogP contribution is -2.39. The number of alkyl halides is 6. The van der Waals surface area contributed by atoms with Gasteiger partial charge >= 0.3 is 12.4 Å². The molecular weight excluding hydrogens is 549 g/mol. The SMILES string of the molecule is CC(C)CN(C[C@H]1CN(Cc2ccc(C(F)(F)F)cc2)C[C@H]1c1cccc(C(F)(F)F)c1)C(=O)c1ccc(F)cc1. The van der Waals surface area contributed by atoms with Crippen molar-refractivity contribution in [3.8, 4) is 0 Å². The van der Waals surface area contributed by atoms with E-state index >= 15 is 0 Å². The van der Waals surface area contributed by atoms with E-state index in [0.717, 1.165) is 24.3 Å². The summed E-state index contributed by atoms with van der Waals surface area (Å²) < 4.78 is 93.1. The second kappa shape index (κ2) is 12.2. The lowest BCUT2D eigenvalue weighted by atomic mass is 9.87. The minimum atomic E-state index is -4.52. The summed E-state index contributed by atoms with van der Waals surface area (Å²) in [4.78, 5) is 17.1. The molecule has 1 amide bonds. The Balaban J connectivity index is 1.62. The van der Waals surface area contributed by atoms with Crippen molar-refractivity contribution in [2.75, 3.05) is 26.2 Å². The highest BCUT2D eigenvalue weighted by Crippen LogP contribution is 2.38. The van der Waals surface area contributed by atoms with Gasteiger partial charge in [-0.05, 0) is 65.4 Å². The molecule has 3 aromatic carbocycles. The fourth-order valence-electron chi connectivity index (χ4n) is 5.39. The van der Waals surface area contributed by atoms with Crippen molar-refractivity contribution in [3.63, 3.8) is 0 Å². The minimum absolute atomic E-state index is 0.0936. The second-order valence-electron chi connectivity index (χ2n) is 11.0. The Morgan fingerprint density at radius 1 is 0.878 bits per heavy atom. The molecule has 1 aliphatic rings. The van der Waals surface area contributed by atoms with Crippen LogP contribution in [0.25, 0.3) is 0 Å². The topological polar surface area (TPSA) is 23.6 Å². The van der Waals surface area contributed by atoms with Crippen LogP contribution in [0.2, 0.25) is 0 Å². The number of halogens is 7. The van der Waals surface area contributed by atoms with E-state index in [1.165, 1.54) is 42.5 Å². The van der Waals surface area contributed by atoms with E-state index in [9.17, 15) is 35.5 Å². The summed E-state index contributed by atoms with van der Waals surface area (Å²) in [5.41, 5.74) is -0.0917. The Labute approximate surface area is 234 Å². The van der Waals surface area contributed by atoms with Crippen LogP contribution < -0.4 is 0 Å². The minimum Gasteiger partial charge on any atom is -0.338 e. The molecule has 0 N–H and O–H groups in total. The normalized spacial score (nSPS) is 18.2. The number of carbonyl (C=O) groups excluding carboxylic acids is 1. The maximum atomic E-state index is 13.5. The average molecular weight is 581 g/mol. The van der Waals surface area contributed by atoms with E-state index in [2.05, 4.69) is 0 Å². The van der Waals surface area contributed by atoms with E-state index in [4.69, 9.17) is 0 Å². The van der Waals surface area contributed by atoms with Crippen LogP contribution >= 0.6 is 0 Å². The summed E-state index contributed by atoms with van der Waals surface area (Å²) in [7, 11) is 0. The highest BCUT2D eigenvalue weighted by Gasteiger charge is 2.38. The number of likely N-dealkylation sites (tertiary alicyclic amines) is 1. The molecule has 1 heterocycles. The zero-order valence-electron chi connectivity index (χ0n) is 22.6. The van der Waals surface area contributed by atoms with Crippen molar-refractivity contribution >= 4 is 5.91 Å². The zero-order valence-corrected chi connectivity index (χ0v) is 22.6. The molecule has 0 spiro atoms. The molecule has 2 atom stereocenters. The van der Waals surface area contributed by atoms with Crippen molar-refractivity contribution in [1.29, 1.82) is 0 Å². The maximum Gasteiger partial charge on any atom is 0.416 e. The quantitative estimate of drug-likeness (QED) is 0.253. The van der Waals surface area contributed by atoms with Gasteiger partial charge in [-0.1, -0.05) is 44.2 Å². The van der Waals surface area contributed by atoms with Gasteiger partial charge in [0.05, 0.1) is 11.1 Å². The van der Waals surface area contributed by atoms with Crippen LogP contribution in [0.5, 0.6) is 0 Å². The lowest BCUT2D eigenvalue weighted by molar-refractivity contribution is -0.138. The molecule has 4 rings (SSSR count). The summed E-state index contributed by atoms with van der Waals surface area (Å²) in [5.74, 6) is -1.30. The van der Waals surface area contributed by atoms with Crippen LogP contribution in [0.3, 0.4) is 0 Å². The van der Waals surface area contributed by atoms with Crippen LogP contribution in [0, 0.1) is 17.7 Å². The molecule has 0 bridgehead atoms. The van der Waals surface area contributed by atoms with Crippen molar-refractivity contribution in [2.24, 2.45) is 11.8 Å². The third-order valence-corrected chi connectivity index (χ3v) is 7.27. The predicted molar refractivity (Wildman–Crippen MR) is 142 cm³/mol. The van der Waals surface area contributed by atoms with Gasteiger partial charge in [-0.15, -0.1) is 0 Å². The number of carbonyl (C=O) groups is 1. The van der Waals surface area contributed by atoms with Crippen LogP contribution in [-0.2, 0) is 18.9 Å². The number of rotatable bonds is 8. The standard InChI is InChI=1S/C31H31F7N2O/c1-20(2)15-40(29(41)22-8-12-27(32)13-9-22)18-24-17-39(16-21-6-10-25(11-7-21)30(33,34)35)19-28(24)23-4-3-5-26(14-23)31(36,37)38/h3-14,20,24,28H,15-19H2,1-2H3/t24-,28+/m1/s1. The molecule has 10 heteroatoms. The molecule has 0 saturated carbocycles. The lowest BCUT2D eigenvalue weighted by Gasteiger charge is -2.30. The summed E-state index contributed by atoms with van der Waals surface area (Å²) in [6, 6.07) is 15.2. The predicted octanol–water partition coefficient (Wildman–Crippen LogP) is 7.88. The Morgan fingerprint density at radius 2 is 1.51 bits per heavy atom. The molecule has 1 fully saturated rings. The van der Waals surface area contributed by atoms with Crippen molar-refractivity contribution < 1.29 is 35.5 Å². The monoisotopic (exact) mass is 580 g/mol. The Hall–Kier alpha value is -3.40. The van der Waals surface area contributed by atoms with Gasteiger partial charge in [0.1, 0.15) is 5.82 Å². The number of amides is 1. The highest BCUT2D eigenvalue weighted by molar-refractivity contribution is 5.94. The third-order valence-electron chi connectivity index (χ3n) is 7.27. The smallest absolute Gasteiger partial charge is 0.338 e. The molecule has 3 nitrogen and oxygen atoms in total. The van der Waals surface area contributed by atoms with Crippen LogP contribution in [-0.4, -0.2) is 41.9 Å². The van der Waals surface area contributed by atoms with Gasteiger partial charge in [0.15, 0.2) is 0 Å². The second-order valence-corrected chi connectivity index (χ2v) is 11.0. The fourth-order valence-corrected chi connectivity index (χ4v) is 5.39. The molecule has 220 valence electrons. The Morgan fingerprint density at radius 3 is 2.10 bits per heavy atom. The third kappa shape index (κ3) is 7.87. The van der Waals surface area contributed by atoms with E-state index in [1.54, 1.807) is 11.0 Å². The first-order valence-electron chi connectivity index (χ1n) is 13.3. The first-order valence-corrected chi connectivity index (χ1v) is 13.3. The molecule has 0 unspecified atom stereocenters. The number of benzene rings is 3. The van der Waals surface area contributed by atoms with Gasteiger partial charge < -0.3 is 4.90 Å². The van der Waals surface area contributed by atoms with Gasteiger partial charge in [0, 0.05) is 44.2 Å². The number of nitrogens with zero attached hydrogens (tertiary/aromatic N) is 2. The molecule has 41 heavy (non-hydrogen) atoms. The Bertz CT molecular complexity index is 1320. The van der Waals surface area contributed by atoms with Crippen LogP contribution in [0.4, 0.5) is 30.7 Å². The van der Waals surface area contributed by atoms with Crippen LogP contribution in [0.1, 0.15) is 52.4 Å². The van der Waals surface area contributed by atoms with Gasteiger partial charge in [-0.2, -0.15) is 26.3 Å². The molecule has 0 aromatic heterocycles. The first-order chi connectivity index (χ1) is 19.2. The van der Waals surface area contributed by atoms with E-state index in [0.29, 0.717) is 42.9 Å². The fraction of sp³-hybridized carbons (Fsp3) is 0.387. The van der Waals surface area contributed by atoms with Gasteiger partial charge in [-0.3, -0.25) is 9.69 Å². The van der Waals surface area contributed by atoms with E-state index in [1.807, 2.05) is 18.7 Å². The number of hydrogen-bond acceptors (Lipinski definition) is 2. The number of hydrogen-bond donors (Lipinski definition) is 0. The van der Waals surface area contributed by atoms with Crippen molar-refractivity contribution in [2.45, 2.75) is 38.7 Å². The van der Waals surface area contributed by atoms with Crippen molar-refractivity contribution in [3.05, 3.63) is 106 Å². The summed E-state index contributed by atoms with van der Waals surface area (Å²) >= 11 is 0. The van der Waals surface area contributed by atoms with Gasteiger partial charge in [0.25, 0.3) is 5.91 Å². The molecule has 0 aliphatic carbocycles. The average Bonchev–Trinajstić information content (AvgIpc) is 3.29. The summed E-state index contributed by atoms with van der Waals surface area (Å²) in [6.07, 6.45) is -8.98. The van der Waals surface area contributed by atoms with Gasteiger partial charge in [0.2, 0.25) is 0 Å². The molecular formula is C31H31F7N2O. The first kappa shape index (κ1) is 30.6. The molecule has 1 aliphatic heterocycles. The maximum absolute atomic E-state index is 13.5. The molecule has 0 radical (unpaired) electrons. The van der Waals surface area contributed by atoms with E-state index < -0.39 is 29.3 Å². The van der Waals surface area contributed by atoms with Gasteiger partial charge in [-0.25, -0.2) is 4.39 Å². The Kier molecular flexibility index (Phi) is 9.11. The van der Waals surface area contributed by atoms with E-state index in [-0.39, 0.29) is 30.2 Å². The van der Waals surface area contributed by atoms with Crippen LogP contribution in [0.15, 0.2) is 72.8 Å². The summed E-state index contributed by atoms with van der Waals surface area (Å²) in [5, 5.41) is 0. The molecule has 3 aromatic rings. The summed E-state index contributed by atoms with van der Waals surface area (Å²) in [6.45, 7) is 5.63.